The van der Waals surface area contributed by atoms with E-state index in [2.05, 4.69) is 52.1 Å². The third kappa shape index (κ3) is 1.70. The fourth-order valence-electron chi connectivity index (χ4n) is 2.59. The minimum atomic E-state index is 0.281. The highest BCUT2D eigenvalue weighted by atomic mass is 15.0. The van der Waals surface area contributed by atoms with Crippen molar-refractivity contribution in [3.05, 3.63) is 29.3 Å². The Bertz CT molecular complexity index is 478. The van der Waals surface area contributed by atoms with Crippen LogP contribution in [0.2, 0.25) is 0 Å². The number of rotatable bonds is 2. The number of anilines is 1. The molecule has 0 atom stereocenters. The average Bonchev–Trinajstić information content (AvgIpc) is 2.61. The first-order valence-corrected chi connectivity index (χ1v) is 6.08. The molecule has 1 fully saturated rings. The Morgan fingerprint density at radius 3 is 2.24 bits per heavy atom. The summed E-state index contributed by atoms with van der Waals surface area (Å²) in [5, 5.41) is 12.6. The van der Waals surface area contributed by atoms with Gasteiger partial charge in [-0.2, -0.15) is 5.26 Å². The molecular weight excluding hydrogens is 208 g/mol. The SMILES string of the molecule is Cc1ccc(C#N)c(NC2C(C)(C)C2(C)C)c1. The second-order valence-electron chi connectivity index (χ2n) is 6.18. The van der Waals surface area contributed by atoms with Crippen molar-refractivity contribution in [1.82, 2.24) is 0 Å². The molecule has 2 rings (SSSR count). The fourth-order valence-corrected chi connectivity index (χ4v) is 2.59. The van der Waals surface area contributed by atoms with Crippen molar-refractivity contribution < 1.29 is 0 Å². The molecule has 1 aliphatic carbocycles. The van der Waals surface area contributed by atoms with Gasteiger partial charge in [-0.1, -0.05) is 33.8 Å². The highest BCUT2D eigenvalue weighted by Gasteiger charge is 2.65. The molecule has 0 unspecified atom stereocenters. The largest absolute Gasteiger partial charge is 0.380 e. The Morgan fingerprint density at radius 1 is 1.18 bits per heavy atom. The first-order chi connectivity index (χ1) is 7.80. The van der Waals surface area contributed by atoms with Gasteiger partial charge in [-0.15, -0.1) is 0 Å². The van der Waals surface area contributed by atoms with Gasteiger partial charge in [0.2, 0.25) is 0 Å². The van der Waals surface area contributed by atoms with E-state index in [0.29, 0.717) is 6.04 Å². The van der Waals surface area contributed by atoms with Gasteiger partial charge in [0.25, 0.3) is 0 Å². The lowest BCUT2D eigenvalue weighted by molar-refractivity contribution is 0.457. The van der Waals surface area contributed by atoms with E-state index in [1.54, 1.807) is 0 Å². The first-order valence-electron chi connectivity index (χ1n) is 6.08. The van der Waals surface area contributed by atoms with E-state index in [4.69, 9.17) is 5.26 Å². The van der Waals surface area contributed by atoms with Crippen LogP contribution in [-0.2, 0) is 0 Å². The zero-order valence-corrected chi connectivity index (χ0v) is 11.3. The summed E-state index contributed by atoms with van der Waals surface area (Å²) in [6, 6.07) is 8.61. The van der Waals surface area contributed by atoms with Crippen LogP contribution in [0.3, 0.4) is 0 Å². The van der Waals surface area contributed by atoms with Crippen LogP contribution in [0.4, 0.5) is 5.69 Å². The van der Waals surface area contributed by atoms with Crippen molar-refractivity contribution in [3.63, 3.8) is 0 Å². The van der Waals surface area contributed by atoms with Crippen molar-refractivity contribution in [1.29, 1.82) is 5.26 Å². The average molecular weight is 228 g/mol. The zero-order valence-electron chi connectivity index (χ0n) is 11.3. The molecular formula is C15H20N2. The van der Waals surface area contributed by atoms with Crippen LogP contribution in [0, 0.1) is 29.1 Å². The minimum Gasteiger partial charge on any atom is -0.380 e. The van der Waals surface area contributed by atoms with Gasteiger partial charge in [0.05, 0.1) is 11.3 Å². The molecule has 0 spiro atoms. The van der Waals surface area contributed by atoms with Crippen LogP contribution in [0.15, 0.2) is 18.2 Å². The number of nitrogens with zero attached hydrogens (tertiary/aromatic N) is 1. The Balaban J connectivity index is 2.27. The molecule has 1 N–H and O–H groups in total. The van der Waals surface area contributed by atoms with Gasteiger partial charge in [-0.3, -0.25) is 0 Å². The zero-order chi connectivity index (χ0) is 12.8. The number of nitrogens with one attached hydrogen (secondary N) is 1. The Labute approximate surface area is 104 Å². The van der Waals surface area contributed by atoms with Gasteiger partial charge in [0.1, 0.15) is 6.07 Å². The van der Waals surface area contributed by atoms with E-state index in [9.17, 15) is 0 Å². The normalized spacial score (nSPS) is 20.7. The van der Waals surface area contributed by atoms with E-state index in [-0.39, 0.29) is 10.8 Å². The summed E-state index contributed by atoms with van der Waals surface area (Å²) in [5.74, 6) is 0. The molecule has 90 valence electrons. The maximum absolute atomic E-state index is 9.11. The van der Waals surface area contributed by atoms with Crippen LogP contribution >= 0.6 is 0 Å². The predicted octanol–water partition coefficient (Wildman–Crippen LogP) is 3.71. The molecule has 2 heteroatoms. The molecule has 1 saturated carbocycles. The summed E-state index contributed by atoms with van der Waals surface area (Å²) in [7, 11) is 0. The summed E-state index contributed by atoms with van der Waals surface area (Å²) >= 11 is 0. The smallest absolute Gasteiger partial charge is 0.101 e. The van der Waals surface area contributed by atoms with Crippen molar-refractivity contribution in [2.75, 3.05) is 5.32 Å². The van der Waals surface area contributed by atoms with E-state index < -0.39 is 0 Å². The van der Waals surface area contributed by atoms with Gasteiger partial charge in [-0.25, -0.2) is 0 Å². The van der Waals surface area contributed by atoms with Crippen LogP contribution in [0.5, 0.6) is 0 Å². The van der Waals surface area contributed by atoms with Crippen LogP contribution in [0.25, 0.3) is 0 Å². The second kappa shape index (κ2) is 3.50. The number of hydrogen-bond donors (Lipinski definition) is 1. The summed E-state index contributed by atoms with van der Waals surface area (Å²) in [6.07, 6.45) is 0. The summed E-state index contributed by atoms with van der Waals surface area (Å²) in [5.41, 5.74) is 3.44. The molecule has 1 aliphatic rings. The van der Waals surface area contributed by atoms with Gasteiger partial charge < -0.3 is 5.32 Å². The van der Waals surface area contributed by atoms with Crippen molar-refractivity contribution in [2.45, 2.75) is 40.7 Å². The number of benzene rings is 1. The Morgan fingerprint density at radius 2 is 1.76 bits per heavy atom. The molecule has 2 nitrogen and oxygen atoms in total. The fraction of sp³-hybridized carbons (Fsp3) is 0.533. The molecule has 0 saturated heterocycles. The third-order valence-corrected chi connectivity index (χ3v) is 4.62. The summed E-state index contributed by atoms with van der Waals surface area (Å²) in [6.45, 7) is 11.1. The molecule has 17 heavy (non-hydrogen) atoms. The van der Waals surface area contributed by atoms with Crippen molar-refractivity contribution in [3.8, 4) is 6.07 Å². The molecule has 0 heterocycles. The molecule has 0 amide bonds. The van der Waals surface area contributed by atoms with Crippen LogP contribution in [-0.4, -0.2) is 6.04 Å². The lowest BCUT2D eigenvalue weighted by Gasteiger charge is -2.10. The van der Waals surface area contributed by atoms with Gasteiger partial charge in [0, 0.05) is 6.04 Å². The van der Waals surface area contributed by atoms with E-state index in [1.165, 1.54) is 5.56 Å². The Kier molecular flexibility index (Phi) is 2.47. The quantitative estimate of drug-likeness (QED) is 0.837. The van der Waals surface area contributed by atoms with E-state index in [0.717, 1.165) is 11.3 Å². The van der Waals surface area contributed by atoms with Crippen LogP contribution < -0.4 is 5.32 Å². The molecule has 0 bridgehead atoms. The lowest BCUT2D eigenvalue weighted by Crippen LogP contribution is -2.11. The first kappa shape index (κ1) is 12.0. The monoisotopic (exact) mass is 228 g/mol. The highest BCUT2D eigenvalue weighted by Crippen LogP contribution is 2.63. The van der Waals surface area contributed by atoms with Crippen LogP contribution in [0.1, 0.15) is 38.8 Å². The summed E-state index contributed by atoms with van der Waals surface area (Å²) in [4.78, 5) is 0. The molecule has 0 radical (unpaired) electrons. The Hall–Kier alpha value is -1.49. The predicted molar refractivity (Wildman–Crippen MR) is 70.9 cm³/mol. The number of aryl methyl sites for hydroxylation is 1. The van der Waals surface area contributed by atoms with E-state index >= 15 is 0 Å². The minimum absolute atomic E-state index is 0.281. The van der Waals surface area contributed by atoms with Gasteiger partial charge in [0.15, 0.2) is 0 Å². The van der Waals surface area contributed by atoms with Gasteiger partial charge in [-0.05, 0) is 35.4 Å². The maximum Gasteiger partial charge on any atom is 0.101 e. The molecule has 1 aromatic carbocycles. The van der Waals surface area contributed by atoms with Crippen molar-refractivity contribution >= 4 is 5.69 Å². The second-order valence-corrected chi connectivity index (χ2v) is 6.18. The molecule has 0 aliphatic heterocycles. The lowest BCUT2D eigenvalue weighted by atomic mass is 10.0. The molecule has 0 aromatic heterocycles. The number of nitriles is 1. The topological polar surface area (TPSA) is 35.8 Å². The van der Waals surface area contributed by atoms with E-state index in [1.807, 2.05) is 12.1 Å². The molecule has 1 aromatic rings. The highest BCUT2D eigenvalue weighted by molar-refractivity contribution is 5.61. The van der Waals surface area contributed by atoms with Crippen molar-refractivity contribution in [2.24, 2.45) is 10.8 Å². The third-order valence-electron chi connectivity index (χ3n) is 4.62. The summed E-state index contributed by atoms with van der Waals surface area (Å²) < 4.78 is 0. The van der Waals surface area contributed by atoms with Gasteiger partial charge >= 0.3 is 0 Å². The maximum atomic E-state index is 9.11. The standard InChI is InChI=1S/C15H20N2/c1-10-6-7-11(9-16)12(8-10)17-13-14(2,3)15(13,4)5/h6-8,13,17H,1-5H3. The number of hydrogen-bond acceptors (Lipinski definition) is 2.